The molecule has 2 unspecified atom stereocenters. The molecule has 1 aliphatic carbocycles. The fraction of sp³-hybridized carbons (Fsp3) is 0.621. The van der Waals surface area contributed by atoms with Gasteiger partial charge in [0, 0.05) is 61.9 Å². The minimum atomic E-state index is 0.0864. The average Bonchev–Trinajstić information content (AvgIpc) is 3.57. The molecule has 2 aromatic rings. The van der Waals surface area contributed by atoms with E-state index in [1.807, 2.05) is 17.1 Å². The zero-order valence-electron chi connectivity index (χ0n) is 22.5. The van der Waals surface area contributed by atoms with E-state index < -0.39 is 0 Å². The fourth-order valence-corrected chi connectivity index (χ4v) is 6.21. The Bertz CT molecular complexity index is 1120. The van der Waals surface area contributed by atoms with E-state index in [0.29, 0.717) is 12.1 Å². The second kappa shape index (κ2) is 10.9. The average molecular weight is 503 g/mol. The van der Waals surface area contributed by atoms with Crippen molar-refractivity contribution >= 4 is 5.69 Å². The number of rotatable bonds is 8. The van der Waals surface area contributed by atoms with Crippen molar-refractivity contribution in [1.82, 2.24) is 35.1 Å². The van der Waals surface area contributed by atoms with E-state index in [4.69, 9.17) is 0 Å². The molecule has 198 valence electrons. The molecule has 3 aliphatic heterocycles. The molecule has 1 N–H and O–H groups in total. The Balaban J connectivity index is 1.06. The van der Waals surface area contributed by atoms with E-state index in [1.54, 1.807) is 0 Å². The van der Waals surface area contributed by atoms with Crippen molar-refractivity contribution in [2.45, 2.75) is 77.0 Å². The lowest BCUT2D eigenvalue weighted by Crippen LogP contribution is -2.47. The maximum atomic E-state index is 4.51. The van der Waals surface area contributed by atoms with Crippen LogP contribution >= 0.6 is 0 Å². The first kappa shape index (κ1) is 24.5. The zero-order chi connectivity index (χ0) is 25.2. The third kappa shape index (κ3) is 5.40. The Morgan fingerprint density at radius 2 is 1.97 bits per heavy atom. The van der Waals surface area contributed by atoms with Gasteiger partial charge in [-0.25, -0.2) is 4.68 Å². The Kier molecular flexibility index (Phi) is 7.18. The summed E-state index contributed by atoms with van der Waals surface area (Å²) in [6, 6.07) is 3.39. The van der Waals surface area contributed by atoms with Gasteiger partial charge >= 0.3 is 0 Å². The smallest absolute Gasteiger partial charge is 0.121 e. The molecular formula is C29H42N8. The van der Waals surface area contributed by atoms with Gasteiger partial charge in [0.15, 0.2) is 0 Å². The van der Waals surface area contributed by atoms with Crippen molar-refractivity contribution in [3.63, 3.8) is 0 Å². The predicted octanol–water partition coefficient (Wildman–Crippen LogP) is 4.41. The highest BCUT2D eigenvalue weighted by Crippen LogP contribution is 2.29. The Labute approximate surface area is 221 Å². The Hall–Kier alpha value is -2.87. The fourth-order valence-electron chi connectivity index (χ4n) is 6.21. The van der Waals surface area contributed by atoms with Crippen molar-refractivity contribution in [1.29, 1.82) is 0 Å². The minimum Gasteiger partial charge on any atom is -0.370 e. The van der Waals surface area contributed by atoms with Gasteiger partial charge in [-0.05, 0) is 83.1 Å². The van der Waals surface area contributed by atoms with Crippen LogP contribution < -0.4 is 10.2 Å². The molecule has 0 aromatic carbocycles. The van der Waals surface area contributed by atoms with Crippen molar-refractivity contribution in [3.8, 4) is 11.3 Å². The van der Waals surface area contributed by atoms with Crippen LogP contribution in [-0.4, -0.2) is 74.6 Å². The first-order valence-electron chi connectivity index (χ1n) is 14.4. The highest BCUT2D eigenvalue weighted by Gasteiger charge is 2.25. The summed E-state index contributed by atoms with van der Waals surface area (Å²) in [6.07, 6.45) is 22.2. The molecule has 2 saturated heterocycles. The first-order chi connectivity index (χ1) is 18.1. The maximum Gasteiger partial charge on any atom is 0.121 e. The molecule has 3 atom stereocenters. The highest BCUT2D eigenvalue weighted by molar-refractivity contribution is 5.63. The van der Waals surface area contributed by atoms with Gasteiger partial charge in [0.05, 0.1) is 18.1 Å². The molecule has 8 heteroatoms. The van der Waals surface area contributed by atoms with Crippen LogP contribution in [0.15, 0.2) is 48.7 Å². The lowest BCUT2D eigenvalue weighted by Gasteiger charge is -2.38. The topological polar surface area (TPSA) is 65.4 Å². The summed E-state index contributed by atoms with van der Waals surface area (Å²) < 4.78 is 1.96. The summed E-state index contributed by atoms with van der Waals surface area (Å²) in [5.74, 6) is 0.922. The number of nitrogens with one attached hydrogen (secondary N) is 1. The third-order valence-corrected chi connectivity index (χ3v) is 8.93. The van der Waals surface area contributed by atoms with E-state index in [0.717, 1.165) is 43.4 Å². The van der Waals surface area contributed by atoms with E-state index in [-0.39, 0.29) is 6.17 Å². The summed E-state index contributed by atoms with van der Waals surface area (Å²) in [5.41, 5.74) is 4.44. The number of allylic oxidation sites excluding steroid dienone is 1. The van der Waals surface area contributed by atoms with E-state index in [9.17, 15) is 0 Å². The molecule has 37 heavy (non-hydrogen) atoms. The van der Waals surface area contributed by atoms with Gasteiger partial charge in [-0.2, -0.15) is 0 Å². The minimum absolute atomic E-state index is 0.0864. The second-order valence-corrected chi connectivity index (χ2v) is 11.5. The summed E-state index contributed by atoms with van der Waals surface area (Å²) >= 11 is 0. The number of likely N-dealkylation sites (tertiary alicyclic amines) is 1. The molecule has 0 radical (unpaired) electrons. The molecule has 6 rings (SSSR count). The molecule has 2 aromatic heterocycles. The standard InChI is InChI=1S/C29H42N8/c1-22-6-4-13-36(22)28-16-25(18-30-19-28)29-21-37(33-32-29)23(2)34-14-10-27(11-15-34)35-12-5-9-26(20-35)31-17-24-7-3-8-24/h10-11,14,16,18-19,21-24,26,31H,3-9,12-13,15,17,20H2,1-2H3/t22?,23?,26-/m1/s1. The Morgan fingerprint density at radius 1 is 1.08 bits per heavy atom. The molecule has 8 nitrogen and oxygen atoms in total. The number of hydrogen-bond donors (Lipinski definition) is 1. The number of piperidine rings is 1. The maximum absolute atomic E-state index is 4.51. The van der Waals surface area contributed by atoms with Crippen LogP contribution in [0, 0.1) is 5.92 Å². The number of pyridine rings is 1. The lowest BCUT2D eigenvalue weighted by atomic mass is 9.85. The number of anilines is 1. The third-order valence-electron chi connectivity index (χ3n) is 8.93. The highest BCUT2D eigenvalue weighted by atomic mass is 15.5. The van der Waals surface area contributed by atoms with Crippen LogP contribution in [0.5, 0.6) is 0 Å². The zero-order valence-corrected chi connectivity index (χ0v) is 22.5. The molecule has 0 amide bonds. The number of nitrogens with zero attached hydrogens (tertiary/aromatic N) is 7. The molecule has 3 fully saturated rings. The van der Waals surface area contributed by atoms with Crippen molar-refractivity contribution < 1.29 is 0 Å². The van der Waals surface area contributed by atoms with E-state index in [2.05, 4.69) is 79.8 Å². The quantitative estimate of drug-likeness (QED) is 0.573. The summed E-state index contributed by atoms with van der Waals surface area (Å²) in [4.78, 5) is 11.8. The second-order valence-electron chi connectivity index (χ2n) is 11.5. The molecule has 0 spiro atoms. The van der Waals surface area contributed by atoms with Gasteiger partial charge in [-0.3, -0.25) is 4.98 Å². The molecule has 0 bridgehead atoms. The van der Waals surface area contributed by atoms with Crippen LogP contribution in [0.4, 0.5) is 5.69 Å². The number of hydrogen-bond acceptors (Lipinski definition) is 7. The van der Waals surface area contributed by atoms with Crippen LogP contribution in [0.3, 0.4) is 0 Å². The van der Waals surface area contributed by atoms with Crippen LogP contribution in [0.1, 0.15) is 65.0 Å². The largest absolute Gasteiger partial charge is 0.370 e. The molecular weight excluding hydrogens is 460 g/mol. The molecule has 1 saturated carbocycles. The van der Waals surface area contributed by atoms with Crippen LogP contribution in [0.2, 0.25) is 0 Å². The van der Waals surface area contributed by atoms with Gasteiger partial charge in [0.2, 0.25) is 0 Å². The predicted molar refractivity (Wildman–Crippen MR) is 148 cm³/mol. The monoisotopic (exact) mass is 502 g/mol. The van der Waals surface area contributed by atoms with Gasteiger partial charge in [-0.15, -0.1) is 5.10 Å². The molecule has 4 aliphatic rings. The summed E-state index contributed by atoms with van der Waals surface area (Å²) in [7, 11) is 0. The summed E-state index contributed by atoms with van der Waals surface area (Å²) in [6.45, 7) is 9.93. The van der Waals surface area contributed by atoms with Crippen molar-refractivity contribution in [2.24, 2.45) is 5.92 Å². The lowest BCUT2D eigenvalue weighted by molar-refractivity contribution is 0.202. The molecule has 5 heterocycles. The van der Waals surface area contributed by atoms with Crippen molar-refractivity contribution in [2.75, 3.05) is 37.6 Å². The van der Waals surface area contributed by atoms with E-state index >= 15 is 0 Å². The Morgan fingerprint density at radius 3 is 2.73 bits per heavy atom. The van der Waals surface area contributed by atoms with E-state index in [1.165, 1.54) is 62.9 Å². The normalized spacial score (nSPS) is 25.4. The van der Waals surface area contributed by atoms with Gasteiger partial charge in [0.25, 0.3) is 0 Å². The van der Waals surface area contributed by atoms with Crippen LogP contribution in [0.25, 0.3) is 11.3 Å². The van der Waals surface area contributed by atoms with Crippen molar-refractivity contribution in [3.05, 3.63) is 48.7 Å². The van der Waals surface area contributed by atoms with Gasteiger partial charge in [0.1, 0.15) is 11.9 Å². The van der Waals surface area contributed by atoms with Gasteiger partial charge in [-0.1, -0.05) is 11.6 Å². The first-order valence-corrected chi connectivity index (χ1v) is 14.4. The SMILES string of the molecule is CC1CCCN1c1cncc(-c2cn(C(C)N3C=CC(N4CCC[C@@H](NCC5CCC5)C4)=CC3)nn2)c1. The van der Waals surface area contributed by atoms with Crippen LogP contribution in [-0.2, 0) is 0 Å². The number of aromatic nitrogens is 4. The van der Waals surface area contributed by atoms with Gasteiger partial charge < -0.3 is 20.0 Å². The summed E-state index contributed by atoms with van der Waals surface area (Å²) in [5, 5.41) is 12.8.